The maximum Gasteiger partial charge on any atom is 0.224 e. The van der Waals surface area contributed by atoms with Gasteiger partial charge in [0.15, 0.2) is 5.78 Å². The fraction of sp³-hybridized carbons (Fsp3) is 0.263. The van der Waals surface area contributed by atoms with Gasteiger partial charge in [0.2, 0.25) is 5.91 Å². The summed E-state index contributed by atoms with van der Waals surface area (Å²) in [4.78, 5) is 24.3. The second kappa shape index (κ2) is 7.18. The average Bonchev–Trinajstić information content (AvgIpc) is 3.03. The summed E-state index contributed by atoms with van der Waals surface area (Å²) in [5, 5.41) is 12.4. The lowest BCUT2D eigenvalue weighted by Gasteiger charge is -2.08. The van der Waals surface area contributed by atoms with Crippen LogP contribution in [0.5, 0.6) is 5.75 Å². The molecular weight excluding hydrogens is 370 g/mol. The number of aryl methyl sites for hydroxylation is 2. The van der Waals surface area contributed by atoms with E-state index in [2.05, 4.69) is 21.2 Å². The number of nitrogens with one attached hydrogen (secondary N) is 1. The van der Waals surface area contributed by atoms with E-state index in [-0.39, 0.29) is 30.3 Å². The molecule has 5 heteroatoms. The molecule has 0 fully saturated rings. The number of hydrogen-bond acceptors (Lipinski definition) is 3. The monoisotopic (exact) mass is 387 g/mol. The molecule has 3 rings (SSSR count). The normalized spacial score (nSPS) is 12.7. The molecular formula is C19H18BrNO3. The number of benzene rings is 2. The van der Waals surface area contributed by atoms with Crippen LogP contribution in [0.15, 0.2) is 40.9 Å². The Morgan fingerprint density at radius 1 is 1.04 bits per heavy atom. The van der Waals surface area contributed by atoms with Gasteiger partial charge in [0, 0.05) is 22.9 Å². The Balaban J connectivity index is 1.57. The SMILES string of the molecule is O=C(CCC(=O)c1ccc2c(c1)CCC2)Nc1ccc(Br)cc1O. The molecule has 1 amide bonds. The van der Waals surface area contributed by atoms with Crippen LogP contribution in [0.3, 0.4) is 0 Å². The van der Waals surface area contributed by atoms with E-state index in [9.17, 15) is 14.7 Å². The Morgan fingerprint density at radius 2 is 1.83 bits per heavy atom. The van der Waals surface area contributed by atoms with Gasteiger partial charge < -0.3 is 10.4 Å². The molecule has 0 unspecified atom stereocenters. The van der Waals surface area contributed by atoms with Crippen molar-refractivity contribution in [3.05, 3.63) is 57.6 Å². The number of fused-ring (bicyclic) bond motifs is 1. The van der Waals surface area contributed by atoms with Crippen LogP contribution in [0.2, 0.25) is 0 Å². The maximum atomic E-state index is 12.3. The van der Waals surface area contributed by atoms with Gasteiger partial charge in [0.05, 0.1) is 5.69 Å². The van der Waals surface area contributed by atoms with Crippen molar-refractivity contribution >= 4 is 33.3 Å². The number of amides is 1. The molecule has 0 aromatic heterocycles. The van der Waals surface area contributed by atoms with E-state index in [1.165, 1.54) is 17.2 Å². The third-order valence-electron chi connectivity index (χ3n) is 4.23. The largest absolute Gasteiger partial charge is 0.506 e. The highest BCUT2D eigenvalue weighted by atomic mass is 79.9. The zero-order chi connectivity index (χ0) is 17.1. The number of hydrogen-bond donors (Lipinski definition) is 2. The quantitative estimate of drug-likeness (QED) is 0.595. The molecule has 0 heterocycles. The summed E-state index contributed by atoms with van der Waals surface area (Å²) in [6.45, 7) is 0. The Morgan fingerprint density at radius 3 is 2.62 bits per heavy atom. The zero-order valence-electron chi connectivity index (χ0n) is 13.1. The summed E-state index contributed by atoms with van der Waals surface area (Å²) >= 11 is 3.24. The Kier molecular flexibility index (Phi) is 5.00. The molecule has 0 radical (unpaired) electrons. The van der Waals surface area contributed by atoms with Crippen molar-refractivity contribution < 1.29 is 14.7 Å². The summed E-state index contributed by atoms with van der Waals surface area (Å²) < 4.78 is 0.727. The first-order valence-electron chi connectivity index (χ1n) is 7.96. The van der Waals surface area contributed by atoms with Gasteiger partial charge >= 0.3 is 0 Å². The van der Waals surface area contributed by atoms with E-state index < -0.39 is 0 Å². The predicted molar refractivity (Wildman–Crippen MR) is 96.5 cm³/mol. The first-order chi connectivity index (χ1) is 11.5. The number of carbonyl (C=O) groups is 2. The van der Waals surface area contributed by atoms with Crippen LogP contribution >= 0.6 is 15.9 Å². The van der Waals surface area contributed by atoms with Crippen molar-refractivity contribution in [2.45, 2.75) is 32.1 Å². The number of rotatable bonds is 5. The van der Waals surface area contributed by atoms with Crippen LogP contribution in [0, 0.1) is 0 Å². The minimum Gasteiger partial charge on any atom is -0.506 e. The Labute approximate surface area is 149 Å². The molecule has 0 bridgehead atoms. The number of aromatic hydroxyl groups is 1. The van der Waals surface area contributed by atoms with Crippen molar-refractivity contribution in [2.75, 3.05) is 5.32 Å². The summed E-state index contributed by atoms with van der Waals surface area (Å²) in [5.74, 6) is -0.329. The van der Waals surface area contributed by atoms with Gasteiger partial charge in [0.25, 0.3) is 0 Å². The molecule has 0 saturated carbocycles. The summed E-state index contributed by atoms with van der Waals surface area (Å²) in [6.07, 6.45) is 3.50. The summed E-state index contributed by atoms with van der Waals surface area (Å²) in [6, 6.07) is 10.7. The number of halogens is 1. The van der Waals surface area contributed by atoms with Crippen LogP contribution in [-0.2, 0) is 17.6 Å². The highest BCUT2D eigenvalue weighted by Crippen LogP contribution is 2.27. The molecule has 0 saturated heterocycles. The van der Waals surface area contributed by atoms with Crippen molar-refractivity contribution in [1.82, 2.24) is 0 Å². The lowest BCUT2D eigenvalue weighted by atomic mass is 10.0. The fourth-order valence-corrected chi connectivity index (χ4v) is 3.29. The van der Waals surface area contributed by atoms with E-state index in [0.717, 1.165) is 23.7 Å². The fourth-order valence-electron chi connectivity index (χ4n) is 2.94. The summed E-state index contributed by atoms with van der Waals surface area (Å²) in [5.41, 5.74) is 3.60. The molecule has 0 atom stereocenters. The third kappa shape index (κ3) is 3.85. The van der Waals surface area contributed by atoms with Gasteiger partial charge in [-0.3, -0.25) is 9.59 Å². The minimum atomic E-state index is -0.290. The molecule has 0 aliphatic heterocycles. The smallest absolute Gasteiger partial charge is 0.224 e. The van der Waals surface area contributed by atoms with E-state index in [1.54, 1.807) is 12.1 Å². The van der Waals surface area contributed by atoms with Crippen molar-refractivity contribution in [3.8, 4) is 5.75 Å². The molecule has 1 aliphatic rings. The van der Waals surface area contributed by atoms with Gasteiger partial charge in [-0.15, -0.1) is 0 Å². The molecule has 0 spiro atoms. The number of phenols is 1. The third-order valence-corrected chi connectivity index (χ3v) is 4.73. The van der Waals surface area contributed by atoms with Gasteiger partial charge in [-0.25, -0.2) is 0 Å². The first kappa shape index (κ1) is 16.7. The highest BCUT2D eigenvalue weighted by Gasteiger charge is 2.15. The van der Waals surface area contributed by atoms with Crippen molar-refractivity contribution in [1.29, 1.82) is 0 Å². The van der Waals surface area contributed by atoms with Crippen LogP contribution < -0.4 is 5.32 Å². The lowest BCUT2D eigenvalue weighted by molar-refractivity contribution is -0.116. The Bertz CT molecular complexity index is 801. The van der Waals surface area contributed by atoms with Gasteiger partial charge in [0.1, 0.15) is 5.75 Å². The number of Topliss-reactive ketones (excluding diaryl/α,β-unsaturated/α-hetero) is 1. The standard InChI is InChI=1S/C19H18BrNO3/c20-15-6-7-16(18(23)11-15)21-19(24)9-8-17(22)14-5-4-12-2-1-3-13(12)10-14/h4-7,10-11,23H,1-3,8-9H2,(H,21,24). The highest BCUT2D eigenvalue weighted by molar-refractivity contribution is 9.10. The maximum absolute atomic E-state index is 12.3. The van der Waals surface area contributed by atoms with Crippen LogP contribution in [0.4, 0.5) is 5.69 Å². The number of ketones is 1. The Hall–Kier alpha value is -2.14. The summed E-state index contributed by atoms with van der Waals surface area (Å²) in [7, 11) is 0. The van der Waals surface area contributed by atoms with Crippen LogP contribution in [0.25, 0.3) is 0 Å². The minimum absolute atomic E-state index is 0.0114. The van der Waals surface area contributed by atoms with E-state index in [4.69, 9.17) is 0 Å². The van der Waals surface area contributed by atoms with Crippen LogP contribution in [0.1, 0.15) is 40.7 Å². The average molecular weight is 388 g/mol. The van der Waals surface area contributed by atoms with E-state index in [1.807, 2.05) is 18.2 Å². The molecule has 1 aliphatic carbocycles. The molecule has 124 valence electrons. The van der Waals surface area contributed by atoms with Gasteiger partial charge in [-0.1, -0.05) is 28.1 Å². The second-order valence-electron chi connectivity index (χ2n) is 5.97. The number of carbonyl (C=O) groups excluding carboxylic acids is 2. The number of anilines is 1. The van der Waals surface area contributed by atoms with Gasteiger partial charge in [-0.05, 0) is 54.7 Å². The molecule has 2 aromatic rings. The van der Waals surface area contributed by atoms with E-state index in [0.29, 0.717) is 11.3 Å². The molecule has 4 nitrogen and oxygen atoms in total. The topological polar surface area (TPSA) is 66.4 Å². The van der Waals surface area contributed by atoms with Crippen molar-refractivity contribution in [3.63, 3.8) is 0 Å². The zero-order valence-corrected chi connectivity index (χ0v) is 14.7. The van der Waals surface area contributed by atoms with E-state index >= 15 is 0 Å². The lowest BCUT2D eigenvalue weighted by Crippen LogP contribution is -2.13. The number of phenolic OH excluding ortho intramolecular Hbond substituents is 1. The van der Waals surface area contributed by atoms with Crippen molar-refractivity contribution in [2.24, 2.45) is 0 Å². The van der Waals surface area contributed by atoms with Crippen LogP contribution in [-0.4, -0.2) is 16.8 Å². The molecule has 2 aromatic carbocycles. The molecule has 24 heavy (non-hydrogen) atoms. The second-order valence-corrected chi connectivity index (χ2v) is 6.89. The molecule has 2 N–H and O–H groups in total. The predicted octanol–water partition coefficient (Wildman–Crippen LogP) is 4.25. The first-order valence-corrected chi connectivity index (χ1v) is 8.75. The van der Waals surface area contributed by atoms with Gasteiger partial charge in [-0.2, -0.15) is 0 Å².